The molecule has 1 spiro atoms. The lowest BCUT2D eigenvalue weighted by molar-refractivity contribution is -0.125. The van der Waals surface area contributed by atoms with Crippen LogP contribution in [0.2, 0.25) is 0 Å². The van der Waals surface area contributed by atoms with E-state index in [1.807, 2.05) is 4.90 Å². The lowest BCUT2D eigenvalue weighted by atomic mass is 9.77. The van der Waals surface area contributed by atoms with Crippen LogP contribution < -0.4 is 10.6 Å². The first-order valence-electron chi connectivity index (χ1n) is 11.7. The van der Waals surface area contributed by atoms with Crippen LogP contribution in [0.25, 0.3) is 0 Å². The molecule has 0 radical (unpaired) electrons. The summed E-state index contributed by atoms with van der Waals surface area (Å²) in [5.41, 5.74) is 0.0274. The number of nitrogens with one attached hydrogen (secondary N) is 2. The molecule has 3 amide bonds. The van der Waals surface area contributed by atoms with Crippen LogP contribution in [0.4, 0.5) is 4.79 Å². The first kappa shape index (κ1) is 21.4. The van der Waals surface area contributed by atoms with Crippen LogP contribution in [0, 0.1) is 0 Å². The first-order chi connectivity index (χ1) is 13.6. The second-order valence-electron chi connectivity index (χ2n) is 9.07. The summed E-state index contributed by atoms with van der Waals surface area (Å²) in [7, 11) is 0. The Morgan fingerprint density at radius 1 is 1.07 bits per heavy atom. The number of carbonyl (C=O) groups excluding carboxylic acids is 2. The summed E-state index contributed by atoms with van der Waals surface area (Å²) in [5.74, 6) is 0.154. The molecule has 28 heavy (non-hydrogen) atoms. The van der Waals surface area contributed by atoms with Gasteiger partial charge in [-0.2, -0.15) is 0 Å². The molecular formula is C22H40N4O2. The Balaban J connectivity index is 1.66. The maximum Gasteiger partial charge on any atom is 0.317 e. The highest BCUT2D eigenvalue weighted by atomic mass is 16.2. The van der Waals surface area contributed by atoms with E-state index in [9.17, 15) is 9.59 Å². The molecule has 6 nitrogen and oxygen atoms in total. The number of nitrogens with zero attached hydrogens (tertiary/aromatic N) is 2. The molecule has 3 rings (SSSR count). The van der Waals surface area contributed by atoms with Crippen LogP contribution in [0.1, 0.15) is 84.0 Å². The zero-order valence-corrected chi connectivity index (χ0v) is 17.8. The van der Waals surface area contributed by atoms with Gasteiger partial charge in [-0.1, -0.05) is 39.0 Å². The van der Waals surface area contributed by atoms with Gasteiger partial charge in [0, 0.05) is 44.2 Å². The van der Waals surface area contributed by atoms with Crippen molar-refractivity contribution >= 4 is 11.9 Å². The third-order valence-electron chi connectivity index (χ3n) is 6.97. The maximum atomic E-state index is 12.8. The van der Waals surface area contributed by atoms with Gasteiger partial charge in [0.1, 0.15) is 0 Å². The largest absolute Gasteiger partial charge is 0.354 e. The number of rotatable bonds is 3. The summed E-state index contributed by atoms with van der Waals surface area (Å²) in [5, 5.41) is 6.32. The average Bonchev–Trinajstić information content (AvgIpc) is 3.18. The second kappa shape index (κ2) is 10.5. The molecule has 2 saturated carbocycles. The smallest absolute Gasteiger partial charge is 0.317 e. The molecule has 0 unspecified atom stereocenters. The predicted molar refractivity (Wildman–Crippen MR) is 112 cm³/mol. The van der Waals surface area contributed by atoms with Gasteiger partial charge in [-0.05, 0) is 45.1 Å². The van der Waals surface area contributed by atoms with Crippen molar-refractivity contribution in [1.82, 2.24) is 20.4 Å². The Labute approximate surface area is 170 Å². The Morgan fingerprint density at radius 2 is 1.82 bits per heavy atom. The van der Waals surface area contributed by atoms with Crippen molar-refractivity contribution in [3.05, 3.63) is 0 Å². The highest BCUT2D eigenvalue weighted by Crippen LogP contribution is 2.37. The summed E-state index contributed by atoms with van der Waals surface area (Å²) in [4.78, 5) is 30.0. The van der Waals surface area contributed by atoms with Crippen molar-refractivity contribution in [2.75, 3.05) is 32.7 Å². The van der Waals surface area contributed by atoms with E-state index in [-0.39, 0.29) is 17.5 Å². The van der Waals surface area contributed by atoms with Crippen molar-refractivity contribution in [2.45, 2.75) is 95.6 Å². The van der Waals surface area contributed by atoms with Gasteiger partial charge in [0.15, 0.2) is 0 Å². The lowest BCUT2D eigenvalue weighted by Gasteiger charge is -2.46. The van der Waals surface area contributed by atoms with E-state index < -0.39 is 0 Å². The van der Waals surface area contributed by atoms with E-state index in [1.54, 1.807) is 0 Å². The molecule has 6 heteroatoms. The molecule has 1 saturated heterocycles. The average molecular weight is 393 g/mol. The topological polar surface area (TPSA) is 64.7 Å². The highest BCUT2D eigenvalue weighted by Gasteiger charge is 2.39. The van der Waals surface area contributed by atoms with Gasteiger partial charge in [-0.15, -0.1) is 0 Å². The fraction of sp³-hybridized carbons (Fsp3) is 0.909. The molecule has 2 N–H and O–H groups in total. The molecule has 2 aliphatic carbocycles. The quantitative estimate of drug-likeness (QED) is 0.775. The SMILES string of the molecule is CCCN1CCCN(C(=O)NC2CCCC2)CCNC(=O)CC12CCCCC2. The summed E-state index contributed by atoms with van der Waals surface area (Å²) < 4.78 is 0. The van der Waals surface area contributed by atoms with E-state index in [0.29, 0.717) is 25.6 Å². The van der Waals surface area contributed by atoms with Crippen LogP contribution in [0.3, 0.4) is 0 Å². The van der Waals surface area contributed by atoms with Crippen molar-refractivity contribution in [3.63, 3.8) is 0 Å². The van der Waals surface area contributed by atoms with Crippen molar-refractivity contribution in [2.24, 2.45) is 0 Å². The first-order valence-corrected chi connectivity index (χ1v) is 11.7. The Bertz CT molecular complexity index is 513. The molecule has 1 aliphatic heterocycles. The summed E-state index contributed by atoms with van der Waals surface area (Å²) in [6.07, 6.45) is 13.3. The van der Waals surface area contributed by atoms with E-state index in [0.717, 1.165) is 58.2 Å². The zero-order chi connectivity index (χ0) is 19.8. The lowest BCUT2D eigenvalue weighted by Crippen LogP contribution is -2.53. The normalized spacial score (nSPS) is 25.3. The van der Waals surface area contributed by atoms with Gasteiger partial charge in [0.25, 0.3) is 0 Å². The van der Waals surface area contributed by atoms with Gasteiger partial charge in [0.05, 0.1) is 0 Å². The molecule has 160 valence electrons. The van der Waals surface area contributed by atoms with Crippen LogP contribution in [0.15, 0.2) is 0 Å². The second-order valence-corrected chi connectivity index (χ2v) is 9.07. The van der Waals surface area contributed by atoms with Gasteiger partial charge in [-0.25, -0.2) is 4.79 Å². The minimum Gasteiger partial charge on any atom is -0.354 e. The number of amides is 3. The molecular weight excluding hydrogens is 352 g/mol. The van der Waals surface area contributed by atoms with E-state index in [1.165, 1.54) is 32.1 Å². The summed E-state index contributed by atoms with van der Waals surface area (Å²) >= 11 is 0. The van der Waals surface area contributed by atoms with E-state index in [4.69, 9.17) is 0 Å². The van der Waals surface area contributed by atoms with Gasteiger partial charge >= 0.3 is 6.03 Å². The fourth-order valence-corrected chi connectivity index (χ4v) is 5.47. The minimum absolute atomic E-state index is 0.0274. The number of carbonyl (C=O) groups is 2. The van der Waals surface area contributed by atoms with E-state index >= 15 is 0 Å². The molecule has 3 aliphatic rings. The van der Waals surface area contributed by atoms with Crippen LogP contribution in [0.5, 0.6) is 0 Å². The monoisotopic (exact) mass is 392 g/mol. The third kappa shape index (κ3) is 5.62. The number of urea groups is 1. The van der Waals surface area contributed by atoms with Crippen molar-refractivity contribution in [1.29, 1.82) is 0 Å². The fourth-order valence-electron chi connectivity index (χ4n) is 5.47. The van der Waals surface area contributed by atoms with Crippen molar-refractivity contribution in [3.8, 4) is 0 Å². The van der Waals surface area contributed by atoms with E-state index in [2.05, 4.69) is 22.5 Å². The van der Waals surface area contributed by atoms with Crippen molar-refractivity contribution < 1.29 is 9.59 Å². The standard InChI is InChI=1S/C22H40N4O2/c1-2-14-26-16-8-15-25(21(28)24-19-9-4-5-10-19)17-13-23-20(27)18-22(26)11-6-3-7-12-22/h19H,2-18H2,1H3,(H,23,27)(H,24,28). The molecule has 0 aromatic carbocycles. The highest BCUT2D eigenvalue weighted by molar-refractivity contribution is 5.77. The van der Waals surface area contributed by atoms with Gasteiger partial charge in [0.2, 0.25) is 5.91 Å². The molecule has 0 aromatic heterocycles. The minimum atomic E-state index is 0.0274. The molecule has 0 atom stereocenters. The number of hydrogen-bond acceptors (Lipinski definition) is 3. The van der Waals surface area contributed by atoms with Crippen LogP contribution in [-0.2, 0) is 4.79 Å². The summed E-state index contributed by atoms with van der Waals surface area (Å²) in [6.45, 7) is 6.18. The Morgan fingerprint density at radius 3 is 2.54 bits per heavy atom. The molecule has 0 bridgehead atoms. The Kier molecular flexibility index (Phi) is 8.00. The Hall–Kier alpha value is -1.30. The molecule has 1 heterocycles. The molecule has 0 aromatic rings. The molecule has 3 fully saturated rings. The number of hydrogen-bond donors (Lipinski definition) is 2. The van der Waals surface area contributed by atoms with Gasteiger partial charge < -0.3 is 15.5 Å². The van der Waals surface area contributed by atoms with Gasteiger partial charge in [-0.3, -0.25) is 9.69 Å². The van der Waals surface area contributed by atoms with Crippen LogP contribution in [-0.4, -0.2) is 66.0 Å². The third-order valence-corrected chi connectivity index (χ3v) is 6.97. The predicted octanol–water partition coefficient (Wildman–Crippen LogP) is 3.27. The summed E-state index contributed by atoms with van der Waals surface area (Å²) in [6, 6.07) is 0.386. The maximum absolute atomic E-state index is 12.8. The van der Waals surface area contributed by atoms with Crippen LogP contribution >= 0.6 is 0 Å². The zero-order valence-electron chi connectivity index (χ0n) is 17.8.